The molecule has 0 fully saturated rings. The van der Waals surface area contributed by atoms with Crippen molar-refractivity contribution in [1.29, 1.82) is 0 Å². The van der Waals surface area contributed by atoms with Gasteiger partial charge in [0.05, 0.1) is 10.9 Å². The van der Waals surface area contributed by atoms with Crippen LogP contribution >= 0.6 is 11.6 Å². The molecule has 104 valence electrons. The maximum atomic E-state index is 13.4. The SMILES string of the molecule is O=C(O)C(Cc1ccc(Cl)c(F)c1)c1ccc(F)cc1. The van der Waals surface area contributed by atoms with Gasteiger partial charge in [0.2, 0.25) is 0 Å². The minimum Gasteiger partial charge on any atom is -0.481 e. The third kappa shape index (κ3) is 3.33. The van der Waals surface area contributed by atoms with Gasteiger partial charge in [-0.1, -0.05) is 29.8 Å². The topological polar surface area (TPSA) is 37.3 Å². The Bertz CT molecular complexity index is 626. The van der Waals surface area contributed by atoms with Gasteiger partial charge in [-0.25, -0.2) is 8.78 Å². The lowest BCUT2D eigenvalue weighted by Crippen LogP contribution is -2.14. The summed E-state index contributed by atoms with van der Waals surface area (Å²) in [6, 6.07) is 9.41. The summed E-state index contributed by atoms with van der Waals surface area (Å²) < 4.78 is 26.2. The van der Waals surface area contributed by atoms with Gasteiger partial charge in [0.15, 0.2) is 0 Å². The first-order chi connectivity index (χ1) is 9.47. The van der Waals surface area contributed by atoms with Crippen LogP contribution in [0.4, 0.5) is 8.78 Å². The van der Waals surface area contributed by atoms with Crippen molar-refractivity contribution < 1.29 is 18.7 Å². The molecule has 0 aliphatic heterocycles. The molecule has 2 nitrogen and oxygen atoms in total. The van der Waals surface area contributed by atoms with Crippen molar-refractivity contribution >= 4 is 17.6 Å². The molecular weight excluding hydrogens is 286 g/mol. The van der Waals surface area contributed by atoms with Crippen LogP contribution in [0.5, 0.6) is 0 Å². The first kappa shape index (κ1) is 14.5. The first-order valence-corrected chi connectivity index (χ1v) is 6.27. The summed E-state index contributed by atoms with van der Waals surface area (Å²) in [6.45, 7) is 0. The molecule has 20 heavy (non-hydrogen) atoms. The zero-order valence-corrected chi connectivity index (χ0v) is 11.1. The van der Waals surface area contributed by atoms with Crippen molar-refractivity contribution in [2.45, 2.75) is 12.3 Å². The van der Waals surface area contributed by atoms with E-state index in [9.17, 15) is 18.7 Å². The molecule has 0 bridgehead atoms. The smallest absolute Gasteiger partial charge is 0.311 e. The Labute approximate surface area is 119 Å². The monoisotopic (exact) mass is 296 g/mol. The van der Waals surface area contributed by atoms with Gasteiger partial charge in [0.1, 0.15) is 11.6 Å². The van der Waals surface area contributed by atoms with Gasteiger partial charge in [0.25, 0.3) is 0 Å². The van der Waals surface area contributed by atoms with Crippen LogP contribution in [0.1, 0.15) is 17.0 Å². The summed E-state index contributed by atoms with van der Waals surface area (Å²) in [5.41, 5.74) is 0.984. The first-order valence-electron chi connectivity index (χ1n) is 5.89. The third-order valence-corrected chi connectivity index (χ3v) is 3.30. The van der Waals surface area contributed by atoms with E-state index in [1.807, 2.05) is 0 Å². The number of benzene rings is 2. The van der Waals surface area contributed by atoms with Gasteiger partial charge < -0.3 is 5.11 Å². The van der Waals surface area contributed by atoms with Gasteiger partial charge in [-0.3, -0.25) is 4.79 Å². The molecule has 0 spiro atoms. The number of aliphatic carboxylic acids is 1. The highest BCUT2D eigenvalue weighted by atomic mass is 35.5. The number of halogens is 3. The largest absolute Gasteiger partial charge is 0.481 e. The highest BCUT2D eigenvalue weighted by Gasteiger charge is 2.20. The standard InChI is InChI=1S/C15H11ClF2O2/c16-13-6-1-9(8-14(13)18)7-12(15(19)20)10-2-4-11(17)5-3-10/h1-6,8,12H,7H2,(H,19,20). The van der Waals surface area contributed by atoms with Gasteiger partial charge in [-0.05, 0) is 41.8 Å². The predicted molar refractivity (Wildman–Crippen MR) is 71.9 cm³/mol. The molecule has 2 rings (SSSR count). The summed E-state index contributed by atoms with van der Waals surface area (Å²) in [4.78, 5) is 11.3. The Kier molecular flexibility index (Phi) is 4.35. The van der Waals surface area contributed by atoms with Crippen molar-refractivity contribution in [2.24, 2.45) is 0 Å². The molecule has 0 amide bonds. The Morgan fingerprint density at radius 3 is 2.35 bits per heavy atom. The van der Waals surface area contributed by atoms with E-state index in [1.165, 1.54) is 36.4 Å². The minimum atomic E-state index is -1.05. The van der Waals surface area contributed by atoms with Crippen LogP contribution in [0.3, 0.4) is 0 Å². The van der Waals surface area contributed by atoms with E-state index in [1.54, 1.807) is 6.07 Å². The lowest BCUT2D eigenvalue weighted by molar-refractivity contribution is -0.138. The maximum Gasteiger partial charge on any atom is 0.311 e. The number of carbonyl (C=O) groups is 1. The maximum absolute atomic E-state index is 13.4. The lowest BCUT2D eigenvalue weighted by Gasteiger charge is -2.13. The number of carboxylic acids is 1. The number of rotatable bonds is 4. The summed E-state index contributed by atoms with van der Waals surface area (Å²) in [6.07, 6.45) is 0.106. The van der Waals surface area contributed by atoms with Crippen LogP contribution in [-0.2, 0) is 11.2 Å². The Morgan fingerprint density at radius 2 is 1.80 bits per heavy atom. The van der Waals surface area contributed by atoms with E-state index in [4.69, 9.17) is 11.6 Å². The molecule has 0 radical (unpaired) electrons. The molecule has 1 atom stereocenters. The molecule has 0 saturated heterocycles. The molecule has 5 heteroatoms. The Hall–Kier alpha value is -1.94. The molecule has 0 aliphatic carbocycles. The number of carboxylic acid groups (broad SMARTS) is 1. The van der Waals surface area contributed by atoms with Crippen molar-refractivity contribution in [3.8, 4) is 0 Å². The van der Waals surface area contributed by atoms with Gasteiger partial charge >= 0.3 is 5.97 Å². The number of hydrogen-bond donors (Lipinski definition) is 1. The quantitative estimate of drug-likeness (QED) is 0.925. The molecular formula is C15H11ClF2O2. The van der Waals surface area contributed by atoms with Crippen LogP contribution in [-0.4, -0.2) is 11.1 Å². The third-order valence-electron chi connectivity index (χ3n) is 2.99. The van der Waals surface area contributed by atoms with Crippen LogP contribution in [0.2, 0.25) is 5.02 Å². The average Bonchev–Trinajstić information content (AvgIpc) is 2.41. The van der Waals surface area contributed by atoms with E-state index in [0.29, 0.717) is 11.1 Å². The fraction of sp³-hybridized carbons (Fsp3) is 0.133. The minimum absolute atomic E-state index is 0.0117. The van der Waals surface area contributed by atoms with Crippen LogP contribution < -0.4 is 0 Å². The van der Waals surface area contributed by atoms with Crippen molar-refractivity contribution in [2.75, 3.05) is 0 Å². The molecule has 1 N–H and O–H groups in total. The normalized spacial score (nSPS) is 12.2. The summed E-state index contributed by atoms with van der Waals surface area (Å²) >= 11 is 5.58. The molecule has 0 heterocycles. The van der Waals surface area contributed by atoms with Crippen molar-refractivity contribution in [1.82, 2.24) is 0 Å². The van der Waals surface area contributed by atoms with E-state index in [2.05, 4.69) is 0 Å². The van der Waals surface area contributed by atoms with Gasteiger partial charge in [0, 0.05) is 0 Å². The lowest BCUT2D eigenvalue weighted by atomic mass is 9.92. The van der Waals surface area contributed by atoms with Crippen molar-refractivity contribution in [3.63, 3.8) is 0 Å². The number of hydrogen-bond acceptors (Lipinski definition) is 1. The van der Waals surface area contributed by atoms with Crippen LogP contribution in [0.25, 0.3) is 0 Å². The van der Waals surface area contributed by atoms with Gasteiger partial charge in [-0.15, -0.1) is 0 Å². The molecule has 1 unspecified atom stereocenters. The molecule has 0 aromatic heterocycles. The fourth-order valence-corrected chi connectivity index (χ4v) is 2.06. The predicted octanol–water partition coefficient (Wildman–Crippen LogP) is 4.03. The fourth-order valence-electron chi connectivity index (χ4n) is 1.95. The molecule has 2 aromatic rings. The molecule has 0 aliphatic rings. The average molecular weight is 297 g/mol. The van der Waals surface area contributed by atoms with Crippen LogP contribution in [0.15, 0.2) is 42.5 Å². The zero-order chi connectivity index (χ0) is 14.7. The van der Waals surface area contributed by atoms with Gasteiger partial charge in [-0.2, -0.15) is 0 Å². The molecule has 0 saturated carbocycles. The zero-order valence-electron chi connectivity index (χ0n) is 10.3. The van der Waals surface area contributed by atoms with E-state index < -0.39 is 23.5 Å². The summed E-state index contributed by atoms with van der Waals surface area (Å²) in [5.74, 6) is -2.94. The Morgan fingerprint density at radius 1 is 1.15 bits per heavy atom. The van der Waals surface area contributed by atoms with E-state index >= 15 is 0 Å². The van der Waals surface area contributed by atoms with E-state index in [0.717, 1.165) is 0 Å². The summed E-state index contributed by atoms with van der Waals surface area (Å²) in [5, 5.41) is 9.26. The second-order valence-electron chi connectivity index (χ2n) is 4.39. The highest BCUT2D eigenvalue weighted by molar-refractivity contribution is 6.30. The van der Waals surface area contributed by atoms with E-state index in [-0.39, 0.29) is 11.4 Å². The Balaban J connectivity index is 2.27. The van der Waals surface area contributed by atoms with Crippen LogP contribution in [0, 0.1) is 11.6 Å². The summed E-state index contributed by atoms with van der Waals surface area (Å²) in [7, 11) is 0. The second kappa shape index (κ2) is 6.01. The van der Waals surface area contributed by atoms with Crippen molar-refractivity contribution in [3.05, 3.63) is 70.2 Å². The highest BCUT2D eigenvalue weighted by Crippen LogP contribution is 2.24. The second-order valence-corrected chi connectivity index (χ2v) is 4.80. The molecule has 2 aromatic carbocycles.